The Bertz CT molecular complexity index is 651. The molecule has 5 heteroatoms. The number of hydrogen-bond donors (Lipinski definition) is 1. The number of hydrogen-bond acceptors (Lipinski definition) is 4. The van der Waals surface area contributed by atoms with E-state index >= 15 is 0 Å². The Kier molecular flexibility index (Phi) is 3.45. The molecule has 0 saturated heterocycles. The van der Waals surface area contributed by atoms with E-state index in [0.29, 0.717) is 11.4 Å². The first-order valence-corrected chi connectivity index (χ1v) is 6.91. The predicted molar refractivity (Wildman–Crippen MR) is 66.8 cm³/mol. The lowest BCUT2D eigenvalue weighted by atomic mass is 10.3. The Hall–Kier alpha value is -1.72. The van der Waals surface area contributed by atoms with E-state index in [-0.39, 0.29) is 16.4 Å². The summed E-state index contributed by atoms with van der Waals surface area (Å²) in [4.78, 5) is 4.44. The zero-order valence-corrected chi connectivity index (χ0v) is 10.7. The first kappa shape index (κ1) is 12.7. The minimum Gasteiger partial charge on any atom is -0.390 e. The molecular formula is C13H13NO3S. The van der Waals surface area contributed by atoms with Gasteiger partial charge in [-0.2, -0.15) is 0 Å². The Morgan fingerprint density at radius 2 is 1.78 bits per heavy atom. The van der Waals surface area contributed by atoms with Gasteiger partial charge in [0.2, 0.25) is 9.84 Å². The summed E-state index contributed by atoms with van der Waals surface area (Å²) in [5, 5.41) is 9.07. The second kappa shape index (κ2) is 4.88. The van der Waals surface area contributed by atoms with Crippen LogP contribution < -0.4 is 0 Å². The van der Waals surface area contributed by atoms with E-state index in [9.17, 15) is 8.42 Å². The van der Waals surface area contributed by atoms with Gasteiger partial charge in [-0.1, -0.05) is 18.2 Å². The molecule has 0 atom stereocenters. The molecule has 0 bridgehead atoms. The summed E-state index contributed by atoms with van der Waals surface area (Å²) in [6, 6.07) is 11.1. The van der Waals surface area contributed by atoms with Gasteiger partial charge in [0.15, 0.2) is 0 Å². The van der Waals surface area contributed by atoms with Crippen LogP contribution in [0, 0.1) is 6.92 Å². The molecule has 0 fully saturated rings. The van der Waals surface area contributed by atoms with Gasteiger partial charge in [0.1, 0.15) is 0 Å². The summed E-state index contributed by atoms with van der Waals surface area (Å²) in [6.45, 7) is 1.42. The number of sulfone groups is 1. The van der Waals surface area contributed by atoms with E-state index < -0.39 is 9.84 Å². The zero-order chi connectivity index (χ0) is 13.2. The molecule has 18 heavy (non-hydrogen) atoms. The molecule has 1 N–H and O–H groups in total. The molecule has 0 aliphatic rings. The predicted octanol–water partition coefficient (Wildman–Crippen LogP) is 1.72. The largest absolute Gasteiger partial charge is 0.390 e. The molecule has 0 spiro atoms. The van der Waals surface area contributed by atoms with Crippen LogP contribution in [-0.4, -0.2) is 18.5 Å². The van der Waals surface area contributed by atoms with E-state index in [4.69, 9.17) is 5.11 Å². The summed E-state index contributed by atoms with van der Waals surface area (Å²) >= 11 is 0. The van der Waals surface area contributed by atoms with Crippen molar-refractivity contribution in [3.63, 3.8) is 0 Å². The van der Waals surface area contributed by atoms with E-state index in [1.807, 2.05) is 0 Å². The minimum atomic E-state index is -3.55. The number of pyridine rings is 1. The van der Waals surface area contributed by atoms with Crippen LogP contribution in [0.15, 0.2) is 52.3 Å². The Morgan fingerprint density at radius 3 is 2.39 bits per heavy atom. The van der Waals surface area contributed by atoms with E-state index in [0.717, 1.165) is 0 Å². The van der Waals surface area contributed by atoms with Gasteiger partial charge in [-0.05, 0) is 31.2 Å². The maximum Gasteiger partial charge on any atom is 0.206 e. The third kappa shape index (κ3) is 2.42. The third-order valence-electron chi connectivity index (χ3n) is 2.51. The highest BCUT2D eigenvalue weighted by atomic mass is 32.2. The average molecular weight is 263 g/mol. The van der Waals surface area contributed by atoms with Crippen molar-refractivity contribution in [1.82, 2.24) is 4.98 Å². The van der Waals surface area contributed by atoms with Crippen LogP contribution in [0.25, 0.3) is 0 Å². The molecule has 0 unspecified atom stereocenters. The van der Waals surface area contributed by atoms with Crippen molar-refractivity contribution in [2.75, 3.05) is 0 Å². The fourth-order valence-corrected chi connectivity index (χ4v) is 3.08. The van der Waals surface area contributed by atoms with Gasteiger partial charge in [0, 0.05) is 5.69 Å². The van der Waals surface area contributed by atoms with Crippen LogP contribution in [0.3, 0.4) is 0 Å². The molecule has 1 aromatic carbocycles. The number of aryl methyl sites for hydroxylation is 1. The molecule has 2 rings (SSSR count). The van der Waals surface area contributed by atoms with Gasteiger partial charge in [0.05, 0.1) is 22.1 Å². The Labute approximate surface area is 106 Å². The minimum absolute atomic E-state index is 0.158. The molecule has 4 nitrogen and oxygen atoms in total. The molecular weight excluding hydrogens is 250 g/mol. The SMILES string of the molecule is Cc1cc(S(=O)(=O)c2ccccc2)cc(CO)n1. The second-order valence-electron chi connectivity index (χ2n) is 3.91. The zero-order valence-electron chi connectivity index (χ0n) is 9.87. The lowest BCUT2D eigenvalue weighted by Gasteiger charge is -2.07. The van der Waals surface area contributed by atoms with Gasteiger partial charge in [-0.25, -0.2) is 8.42 Å². The van der Waals surface area contributed by atoms with Crippen molar-refractivity contribution in [1.29, 1.82) is 0 Å². The second-order valence-corrected chi connectivity index (χ2v) is 5.86. The number of benzene rings is 1. The van der Waals surface area contributed by atoms with E-state index in [1.54, 1.807) is 37.3 Å². The van der Waals surface area contributed by atoms with Gasteiger partial charge in [-0.15, -0.1) is 0 Å². The van der Waals surface area contributed by atoms with Crippen molar-refractivity contribution < 1.29 is 13.5 Å². The molecule has 0 radical (unpaired) electrons. The van der Waals surface area contributed by atoms with Gasteiger partial charge in [-0.3, -0.25) is 4.98 Å². The van der Waals surface area contributed by atoms with Crippen LogP contribution in [-0.2, 0) is 16.4 Å². The lowest BCUT2D eigenvalue weighted by Crippen LogP contribution is -2.04. The molecule has 0 saturated carbocycles. The van der Waals surface area contributed by atoms with Gasteiger partial charge in [0.25, 0.3) is 0 Å². The van der Waals surface area contributed by atoms with Gasteiger partial charge >= 0.3 is 0 Å². The number of nitrogens with zero attached hydrogens (tertiary/aromatic N) is 1. The maximum atomic E-state index is 12.3. The van der Waals surface area contributed by atoms with Crippen LogP contribution >= 0.6 is 0 Å². The summed E-state index contributed by atoms with van der Waals surface area (Å²) < 4.78 is 24.7. The molecule has 0 aliphatic carbocycles. The lowest BCUT2D eigenvalue weighted by molar-refractivity contribution is 0.276. The van der Waals surface area contributed by atoms with Crippen molar-refractivity contribution in [2.24, 2.45) is 0 Å². The average Bonchev–Trinajstić information content (AvgIpc) is 2.39. The van der Waals surface area contributed by atoms with E-state index in [2.05, 4.69) is 4.98 Å². The molecule has 2 aromatic rings. The third-order valence-corrected chi connectivity index (χ3v) is 4.25. The van der Waals surface area contributed by atoms with E-state index in [1.165, 1.54) is 12.1 Å². The number of aliphatic hydroxyl groups is 1. The first-order valence-electron chi connectivity index (χ1n) is 5.42. The van der Waals surface area contributed by atoms with Crippen LogP contribution in [0.5, 0.6) is 0 Å². The topological polar surface area (TPSA) is 67.3 Å². The number of aliphatic hydroxyl groups excluding tert-OH is 1. The van der Waals surface area contributed by atoms with Crippen molar-refractivity contribution in [3.05, 3.63) is 53.9 Å². The molecule has 94 valence electrons. The normalized spacial score (nSPS) is 11.4. The molecule has 1 heterocycles. The van der Waals surface area contributed by atoms with Crippen LogP contribution in [0.2, 0.25) is 0 Å². The Balaban J connectivity index is 2.58. The summed E-state index contributed by atoms with van der Waals surface area (Å²) in [6.07, 6.45) is 0. The standard InChI is InChI=1S/C13H13NO3S/c1-10-7-13(8-11(9-15)14-10)18(16,17)12-5-3-2-4-6-12/h2-8,15H,9H2,1H3. The van der Waals surface area contributed by atoms with Crippen molar-refractivity contribution >= 4 is 9.84 Å². The monoisotopic (exact) mass is 263 g/mol. The fourth-order valence-electron chi connectivity index (χ4n) is 1.67. The van der Waals surface area contributed by atoms with Crippen molar-refractivity contribution in [2.45, 2.75) is 23.3 Å². The number of rotatable bonds is 3. The summed E-state index contributed by atoms with van der Waals surface area (Å²) in [5.41, 5.74) is 0.917. The molecule has 0 amide bonds. The summed E-state index contributed by atoms with van der Waals surface area (Å²) in [7, 11) is -3.55. The highest BCUT2D eigenvalue weighted by Gasteiger charge is 2.18. The quantitative estimate of drug-likeness (QED) is 0.915. The van der Waals surface area contributed by atoms with Gasteiger partial charge < -0.3 is 5.11 Å². The van der Waals surface area contributed by atoms with Crippen LogP contribution in [0.1, 0.15) is 11.4 Å². The maximum absolute atomic E-state index is 12.3. The highest BCUT2D eigenvalue weighted by Crippen LogP contribution is 2.21. The Morgan fingerprint density at radius 1 is 1.11 bits per heavy atom. The molecule has 1 aromatic heterocycles. The highest BCUT2D eigenvalue weighted by molar-refractivity contribution is 7.91. The van der Waals surface area contributed by atoms with Crippen LogP contribution in [0.4, 0.5) is 0 Å². The smallest absolute Gasteiger partial charge is 0.206 e. The molecule has 0 aliphatic heterocycles. The summed E-state index contributed by atoms with van der Waals surface area (Å²) in [5.74, 6) is 0. The first-order chi connectivity index (χ1) is 8.54. The fraction of sp³-hybridized carbons (Fsp3) is 0.154. The number of aromatic nitrogens is 1. The van der Waals surface area contributed by atoms with Crippen molar-refractivity contribution in [3.8, 4) is 0 Å².